The molecule has 1 aliphatic rings. The summed E-state index contributed by atoms with van der Waals surface area (Å²) >= 11 is 0. The van der Waals surface area contributed by atoms with Crippen LogP contribution in [0.5, 0.6) is 0 Å². The van der Waals surface area contributed by atoms with Gasteiger partial charge in [0.05, 0.1) is 18.2 Å². The van der Waals surface area contributed by atoms with Crippen LogP contribution in [0.25, 0.3) is 0 Å². The van der Waals surface area contributed by atoms with Gasteiger partial charge in [0, 0.05) is 6.07 Å². The van der Waals surface area contributed by atoms with Crippen LogP contribution in [-0.4, -0.2) is 11.1 Å². The van der Waals surface area contributed by atoms with Gasteiger partial charge in [0.15, 0.2) is 5.76 Å². The number of carbonyl (C=O) groups is 1. The van der Waals surface area contributed by atoms with E-state index >= 15 is 0 Å². The van der Waals surface area contributed by atoms with Crippen LogP contribution in [0.4, 0.5) is 0 Å². The van der Waals surface area contributed by atoms with Crippen molar-refractivity contribution < 1.29 is 9.32 Å². The summed E-state index contributed by atoms with van der Waals surface area (Å²) in [6.07, 6.45) is 3.82. The quantitative estimate of drug-likeness (QED) is 0.918. The fourth-order valence-electron chi connectivity index (χ4n) is 2.94. The molecule has 0 saturated carbocycles. The molecule has 0 bridgehead atoms. The minimum atomic E-state index is -0.0285. The summed E-state index contributed by atoms with van der Waals surface area (Å²) in [7, 11) is 0. The van der Waals surface area contributed by atoms with Crippen LogP contribution < -0.4 is 5.32 Å². The van der Waals surface area contributed by atoms with Crippen molar-refractivity contribution in [2.24, 2.45) is 0 Å². The first-order valence-electron chi connectivity index (χ1n) is 7.58. The van der Waals surface area contributed by atoms with E-state index in [0.29, 0.717) is 6.54 Å². The maximum Gasteiger partial charge on any atom is 0.227 e. The van der Waals surface area contributed by atoms with Crippen LogP contribution in [-0.2, 0) is 24.2 Å². The van der Waals surface area contributed by atoms with E-state index < -0.39 is 0 Å². The lowest BCUT2D eigenvalue weighted by Gasteiger charge is -2.11. The van der Waals surface area contributed by atoms with Crippen molar-refractivity contribution in [3.8, 4) is 0 Å². The van der Waals surface area contributed by atoms with Gasteiger partial charge >= 0.3 is 0 Å². The molecule has 0 aliphatic heterocycles. The van der Waals surface area contributed by atoms with Crippen molar-refractivity contribution in [3.63, 3.8) is 0 Å². The van der Waals surface area contributed by atoms with Crippen LogP contribution in [0.3, 0.4) is 0 Å². The van der Waals surface area contributed by atoms with Crippen molar-refractivity contribution >= 4 is 5.91 Å². The molecule has 1 unspecified atom stereocenters. The third kappa shape index (κ3) is 2.99. The lowest BCUT2D eigenvalue weighted by atomic mass is 10.0. The van der Waals surface area contributed by atoms with E-state index in [2.05, 4.69) is 29.5 Å². The molecule has 2 aromatic rings. The number of carbonyl (C=O) groups excluding carboxylic acids is 1. The molecule has 1 aliphatic carbocycles. The molecule has 0 saturated heterocycles. The Balaban J connectivity index is 1.60. The van der Waals surface area contributed by atoms with E-state index in [4.69, 9.17) is 4.52 Å². The van der Waals surface area contributed by atoms with Gasteiger partial charge in [-0.3, -0.25) is 4.79 Å². The topological polar surface area (TPSA) is 55.1 Å². The number of amides is 1. The van der Waals surface area contributed by atoms with Crippen molar-refractivity contribution in [2.45, 2.75) is 45.1 Å². The van der Waals surface area contributed by atoms with E-state index in [1.54, 1.807) is 0 Å². The summed E-state index contributed by atoms with van der Waals surface area (Å²) in [5.41, 5.74) is 3.41. The number of fused-ring (bicyclic) bond motifs is 1. The molecule has 0 radical (unpaired) electrons. The predicted molar refractivity (Wildman–Crippen MR) is 79.8 cm³/mol. The van der Waals surface area contributed by atoms with Gasteiger partial charge < -0.3 is 9.84 Å². The Bertz CT molecular complexity index is 633. The fraction of sp³-hybridized carbons (Fsp3) is 0.412. The first-order valence-corrected chi connectivity index (χ1v) is 7.58. The zero-order chi connectivity index (χ0) is 14.7. The smallest absolute Gasteiger partial charge is 0.227 e. The van der Waals surface area contributed by atoms with Crippen molar-refractivity contribution in [2.75, 3.05) is 0 Å². The molecule has 4 nitrogen and oxygen atoms in total. The molecule has 1 aromatic heterocycles. The van der Waals surface area contributed by atoms with E-state index in [1.807, 2.05) is 18.2 Å². The number of nitrogens with one attached hydrogen (secondary N) is 1. The number of hydrogen-bond acceptors (Lipinski definition) is 3. The number of benzene rings is 1. The standard InChI is InChI=1S/C17H20N2O2/c1-2-5-13-10-14(21-19-13)11-18-17(20)16-9-8-12-6-3-4-7-15(12)16/h3-4,6-7,10,16H,2,5,8-9,11H2,1H3,(H,18,20). The van der Waals surface area contributed by atoms with E-state index in [-0.39, 0.29) is 11.8 Å². The molecular formula is C17H20N2O2. The first-order chi connectivity index (χ1) is 10.3. The average molecular weight is 284 g/mol. The molecule has 4 heteroatoms. The summed E-state index contributed by atoms with van der Waals surface area (Å²) in [5.74, 6) is 0.769. The zero-order valence-electron chi connectivity index (χ0n) is 12.3. The van der Waals surface area contributed by atoms with Crippen LogP contribution in [0, 0.1) is 0 Å². The van der Waals surface area contributed by atoms with Gasteiger partial charge in [-0.25, -0.2) is 0 Å². The van der Waals surface area contributed by atoms with Crippen LogP contribution in [0.2, 0.25) is 0 Å². The zero-order valence-corrected chi connectivity index (χ0v) is 12.3. The predicted octanol–water partition coefficient (Wildman–Crippen LogP) is 2.97. The van der Waals surface area contributed by atoms with Crippen molar-refractivity contribution in [1.82, 2.24) is 10.5 Å². The second-order valence-corrected chi connectivity index (χ2v) is 5.54. The van der Waals surface area contributed by atoms with Gasteiger partial charge in [-0.1, -0.05) is 42.8 Å². The second kappa shape index (κ2) is 6.12. The Kier molecular flexibility index (Phi) is 4.04. The number of nitrogens with zero attached hydrogens (tertiary/aromatic N) is 1. The largest absolute Gasteiger partial charge is 0.359 e. The molecule has 0 spiro atoms. The second-order valence-electron chi connectivity index (χ2n) is 5.54. The molecule has 1 amide bonds. The van der Waals surface area contributed by atoms with Gasteiger partial charge in [-0.15, -0.1) is 0 Å². The highest BCUT2D eigenvalue weighted by Gasteiger charge is 2.28. The number of aryl methyl sites for hydroxylation is 2. The number of aromatic nitrogens is 1. The van der Waals surface area contributed by atoms with E-state index in [9.17, 15) is 4.79 Å². The molecule has 0 fully saturated rings. The maximum absolute atomic E-state index is 12.3. The highest BCUT2D eigenvalue weighted by molar-refractivity contribution is 5.84. The van der Waals surface area contributed by atoms with E-state index in [0.717, 1.165) is 37.1 Å². The summed E-state index contributed by atoms with van der Waals surface area (Å²) in [5, 5.41) is 6.96. The Hall–Kier alpha value is -2.10. The molecule has 110 valence electrons. The number of rotatable bonds is 5. The highest BCUT2D eigenvalue weighted by Crippen LogP contribution is 2.32. The normalized spacial score (nSPS) is 16.7. The SMILES string of the molecule is CCCc1cc(CNC(=O)C2CCc3ccccc32)on1. The van der Waals surface area contributed by atoms with Crippen molar-refractivity contribution in [1.29, 1.82) is 0 Å². The third-order valence-electron chi connectivity index (χ3n) is 4.00. The molecule has 1 aromatic carbocycles. The Labute approximate surface area is 124 Å². The minimum absolute atomic E-state index is 0.0285. The van der Waals surface area contributed by atoms with E-state index in [1.165, 1.54) is 11.1 Å². The summed E-state index contributed by atoms with van der Waals surface area (Å²) in [6, 6.07) is 10.1. The lowest BCUT2D eigenvalue weighted by Crippen LogP contribution is -2.27. The molecule has 3 rings (SSSR count). The molecule has 1 heterocycles. The summed E-state index contributed by atoms with van der Waals surface area (Å²) in [4.78, 5) is 12.3. The third-order valence-corrected chi connectivity index (χ3v) is 4.00. The molecule has 1 N–H and O–H groups in total. The van der Waals surface area contributed by atoms with Crippen LogP contribution in [0.1, 0.15) is 48.3 Å². The van der Waals surface area contributed by atoms with Gasteiger partial charge in [0.1, 0.15) is 0 Å². The Morgan fingerprint density at radius 2 is 2.29 bits per heavy atom. The molecule has 21 heavy (non-hydrogen) atoms. The maximum atomic E-state index is 12.3. The minimum Gasteiger partial charge on any atom is -0.359 e. The van der Waals surface area contributed by atoms with Gasteiger partial charge in [-0.2, -0.15) is 0 Å². The Morgan fingerprint density at radius 1 is 1.43 bits per heavy atom. The van der Waals surface area contributed by atoms with Gasteiger partial charge in [0.25, 0.3) is 0 Å². The summed E-state index contributed by atoms with van der Waals surface area (Å²) < 4.78 is 5.23. The highest BCUT2D eigenvalue weighted by atomic mass is 16.5. The molecular weight excluding hydrogens is 264 g/mol. The fourth-order valence-corrected chi connectivity index (χ4v) is 2.94. The van der Waals surface area contributed by atoms with Crippen LogP contribution in [0.15, 0.2) is 34.9 Å². The monoisotopic (exact) mass is 284 g/mol. The number of hydrogen-bond donors (Lipinski definition) is 1. The van der Waals surface area contributed by atoms with Gasteiger partial charge in [0.2, 0.25) is 5.91 Å². The average Bonchev–Trinajstić information content (AvgIpc) is 3.12. The summed E-state index contributed by atoms with van der Waals surface area (Å²) in [6.45, 7) is 2.52. The lowest BCUT2D eigenvalue weighted by molar-refractivity contribution is -0.122. The first kappa shape index (κ1) is 13.9. The van der Waals surface area contributed by atoms with Crippen molar-refractivity contribution in [3.05, 3.63) is 52.9 Å². The van der Waals surface area contributed by atoms with Crippen LogP contribution >= 0.6 is 0 Å². The Morgan fingerprint density at radius 3 is 3.14 bits per heavy atom. The molecule has 1 atom stereocenters. The van der Waals surface area contributed by atoms with Gasteiger partial charge in [-0.05, 0) is 30.4 Å².